The molecular formula is C18H18N4O3. The van der Waals surface area contributed by atoms with Crippen molar-refractivity contribution in [2.24, 2.45) is 0 Å². The maximum absolute atomic E-state index is 12.3. The monoisotopic (exact) mass is 338 g/mol. The number of carbonyl (C=O) groups is 1. The van der Waals surface area contributed by atoms with Crippen molar-refractivity contribution in [3.8, 4) is 11.4 Å². The molecule has 3 rings (SSSR count). The summed E-state index contributed by atoms with van der Waals surface area (Å²) in [6, 6.07) is 16.3. The van der Waals surface area contributed by atoms with Gasteiger partial charge >= 0.3 is 5.97 Å². The summed E-state index contributed by atoms with van der Waals surface area (Å²) in [5, 5.41) is 11.5. The van der Waals surface area contributed by atoms with Crippen LogP contribution >= 0.6 is 0 Å². The first kappa shape index (κ1) is 16.6. The van der Waals surface area contributed by atoms with Crippen LogP contribution in [0.25, 0.3) is 5.69 Å². The zero-order chi connectivity index (χ0) is 17.5. The van der Waals surface area contributed by atoms with Crippen molar-refractivity contribution in [3.05, 3.63) is 66.0 Å². The minimum absolute atomic E-state index is 0.0270. The number of esters is 1. The average Bonchev–Trinajstić information content (AvgIpc) is 3.14. The number of tetrazole rings is 1. The fraction of sp³-hybridized carbons (Fsp3) is 0.222. The Morgan fingerprint density at radius 3 is 2.76 bits per heavy atom. The Labute approximate surface area is 145 Å². The van der Waals surface area contributed by atoms with Gasteiger partial charge in [0.1, 0.15) is 5.75 Å². The Hall–Kier alpha value is -3.22. The highest BCUT2D eigenvalue weighted by molar-refractivity contribution is 5.89. The first-order valence-electron chi connectivity index (χ1n) is 8.00. The minimum Gasteiger partial charge on any atom is -0.494 e. The number of ether oxygens (including phenoxy) is 2. The number of para-hydroxylation sites is 1. The van der Waals surface area contributed by atoms with Crippen LogP contribution in [0.15, 0.2) is 54.6 Å². The summed E-state index contributed by atoms with van der Waals surface area (Å²) in [6.45, 7) is 2.60. The Balaban J connectivity index is 1.67. The topological polar surface area (TPSA) is 79.1 Å². The Morgan fingerprint density at radius 2 is 1.96 bits per heavy atom. The van der Waals surface area contributed by atoms with Crippen molar-refractivity contribution < 1.29 is 14.3 Å². The molecule has 0 fully saturated rings. The van der Waals surface area contributed by atoms with Crippen molar-refractivity contribution in [1.29, 1.82) is 0 Å². The van der Waals surface area contributed by atoms with Gasteiger partial charge < -0.3 is 9.47 Å². The second-order valence-corrected chi connectivity index (χ2v) is 5.29. The predicted octanol–water partition coefficient (Wildman–Crippen LogP) is 2.81. The SMILES string of the molecule is CCCOc1cccc(C(=O)OCc2nnnn2-c2ccccc2)c1. The van der Waals surface area contributed by atoms with E-state index in [4.69, 9.17) is 9.47 Å². The molecule has 0 unspecified atom stereocenters. The minimum atomic E-state index is -0.454. The maximum atomic E-state index is 12.3. The Morgan fingerprint density at radius 1 is 1.12 bits per heavy atom. The largest absolute Gasteiger partial charge is 0.494 e. The Bertz CT molecular complexity index is 833. The van der Waals surface area contributed by atoms with Gasteiger partial charge in [-0.2, -0.15) is 4.68 Å². The first-order chi connectivity index (χ1) is 12.3. The maximum Gasteiger partial charge on any atom is 0.338 e. The molecule has 0 aliphatic carbocycles. The fourth-order valence-corrected chi connectivity index (χ4v) is 2.21. The van der Waals surface area contributed by atoms with E-state index in [1.165, 1.54) is 4.68 Å². The quantitative estimate of drug-likeness (QED) is 0.616. The summed E-state index contributed by atoms with van der Waals surface area (Å²) in [5.74, 6) is 0.632. The number of rotatable bonds is 7. The smallest absolute Gasteiger partial charge is 0.338 e. The molecule has 128 valence electrons. The van der Waals surface area contributed by atoms with E-state index in [-0.39, 0.29) is 6.61 Å². The Kier molecular flexibility index (Phi) is 5.36. The molecule has 0 saturated carbocycles. The summed E-state index contributed by atoms with van der Waals surface area (Å²) < 4.78 is 12.4. The van der Waals surface area contributed by atoms with Gasteiger partial charge in [-0.25, -0.2) is 4.79 Å². The molecule has 0 amide bonds. The van der Waals surface area contributed by atoms with Gasteiger partial charge in [0, 0.05) is 0 Å². The second kappa shape index (κ2) is 8.05. The number of benzene rings is 2. The van der Waals surface area contributed by atoms with Gasteiger partial charge in [0.15, 0.2) is 12.4 Å². The van der Waals surface area contributed by atoms with Crippen molar-refractivity contribution in [2.45, 2.75) is 20.0 Å². The molecule has 2 aromatic carbocycles. The highest BCUT2D eigenvalue weighted by Gasteiger charge is 2.13. The van der Waals surface area contributed by atoms with Gasteiger partial charge in [-0.05, 0) is 47.2 Å². The van der Waals surface area contributed by atoms with Crippen LogP contribution in [-0.2, 0) is 11.3 Å². The molecule has 1 aromatic heterocycles. The third kappa shape index (κ3) is 4.20. The molecule has 0 N–H and O–H groups in total. The molecule has 0 atom stereocenters. The third-order valence-electron chi connectivity index (χ3n) is 3.41. The molecule has 25 heavy (non-hydrogen) atoms. The van der Waals surface area contributed by atoms with Crippen LogP contribution < -0.4 is 4.74 Å². The molecule has 0 spiro atoms. The lowest BCUT2D eigenvalue weighted by Gasteiger charge is -2.08. The number of nitrogens with zero attached hydrogens (tertiary/aromatic N) is 4. The van der Waals surface area contributed by atoms with E-state index in [9.17, 15) is 4.79 Å². The highest BCUT2D eigenvalue weighted by Crippen LogP contribution is 2.15. The van der Waals surface area contributed by atoms with Gasteiger partial charge in [-0.1, -0.05) is 31.2 Å². The lowest BCUT2D eigenvalue weighted by molar-refractivity contribution is 0.0459. The molecule has 3 aromatic rings. The standard InChI is InChI=1S/C18H18N4O3/c1-2-11-24-16-10-6-7-14(12-16)18(23)25-13-17-19-20-21-22(17)15-8-4-3-5-9-15/h3-10,12H,2,11,13H2,1H3. The van der Waals surface area contributed by atoms with Gasteiger partial charge in [0.05, 0.1) is 17.9 Å². The molecule has 1 heterocycles. The van der Waals surface area contributed by atoms with E-state index >= 15 is 0 Å². The number of carbonyl (C=O) groups excluding carboxylic acids is 1. The molecule has 0 aliphatic heterocycles. The zero-order valence-corrected chi connectivity index (χ0v) is 13.8. The second-order valence-electron chi connectivity index (χ2n) is 5.29. The summed E-state index contributed by atoms with van der Waals surface area (Å²) in [4.78, 5) is 12.3. The normalized spacial score (nSPS) is 10.4. The van der Waals surface area contributed by atoms with Crippen LogP contribution in [0.3, 0.4) is 0 Å². The highest BCUT2D eigenvalue weighted by atomic mass is 16.5. The van der Waals surface area contributed by atoms with Crippen LogP contribution in [0, 0.1) is 0 Å². The van der Waals surface area contributed by atoms with E-state index in [0.29, 0.717) is 23.7 Å². The summed E-state index contributed by atoms with van der Waals surface area (Å²) in [7, 11) is 0. The van der Waals surface area contributed by atoms with Gasteiger partial charge in [0.2, 0.25) is 0 Å². The van der Waals surface area contributed by atoms with Crippen LogP contribution in [0.5, 0.6) is 5.75 Å². The van der Waals surface area contributed by atoms with Crippen LogP contribution in [0.2, 0.25) is 0 Å². The first-order valence-corrected chi connectivity index (χ1v) is 8.00. The fourth-order valence-electron chi connectivity index (χ4n) is 2.21. The average molecular weight is 338 g/mol. The summed E-state index contributed by atoms with van der Waals surface area (Å²) >= 11 is 0. The van der Waals surface area contributed by atoms with Gasteiger partial charge in [-0.3, -0.25) is 0 Å². The third-order valence-corrected chi connectivity index (χ3v) is 3.41. The van der Waals surface area contributed by atoms with Crippen molar-refractivity contribution in [1.82, 2.24) is 20.2 Å². The van der Waals surface area contributed by atoms with Crippen LogP contribution in [-0.4, -0.2) is 32.8 Å². The van der Waals surface area contributed by atoms with Crippen LogP contribution in [0.1, 0.15) is 29.5 Å². The molecule has 0 aliphatic rings. The lowest BCUT2D eigenvalue weighted by Crippen LogP contribution is -2.10. The number of aromatic nitrogens is 4. The van der Waals surface area contributed by atoms with E-state index < -0.39 is 5.97 Å². The van der Waals surface area contributed by atoms with Crippen molar-refractivity contribution >= 4 is 5.97 Å². The van der Waals surface area contributed by atoms with Gasteiger partial charge in [-0.15, -0.1) is 5.10 Å². The van der Waals surface area contributed by atoms with Crippen LogP contribution in [0.4, 0.5) is 0 Å². The molecule has 7 heteroatoms. The molecule has 0 radical (unpaired) electrons. The zero-order valence-electron chi connectivity index (χ0n) is 13.8. The van der Waals surface area contributed by atoms with Gasteiger partial charge in [0.25, 0.3) is 0 Å². The summed E-state index contributed by atoms with van der Waals surface area (Å²) in [6.07, 6.45) is 0.900. The van der Waals surface area contributed by atoms with E-state index in [2.05, 4.69) is 15.5 Å². The molecule has 0 bridgehead atoms. The molecule has 0 saturated heterocycles. The number of hydrogen-bond acceptors (Lipinski definition) is 6. The number of hydrogen-bond donors (Lipinski definition) is 0. The van der Waals surface area contributed by atoms with Crippen molar-refractivity contribution in [3.63, 3.8) is 0 Å². The van der Waals surface area contributed by atoms with E-state index in [1.54, 1.807) is 18.2 Å². The lowest BCUT2D eigenvalue weighted by atomic mass is 10.2. The summed E-state index contributed by atoms with van der Waals surface area (Å²) in [5.41, 5.74) is 1.22. The van der Waals surface area contributed by atoms with Crippen molar-refractivity contribution in [2.75, 3.05) is 6.61 Å². The van der Waals surface area contributed by atoms with E-state index in [1.807, 2.05) is 43.3 Å². The predicted molar refractivity (Wildman–Crippen MR) is 90.5 cm³/mol. The molecule has 7 nitrogen and oxygen atoms in total. The van der Waals surface area contributed by atoms with E-state index in [0.717, 1.165) is 12.1 Å². The molecular weight excluding hydrogens is 320 g/mol.